The van der Waals surface area contributed by atoms with Crippen LogP contribution in [0.2, 0.25) is 0 Å². The van der Waals surface area contributed by atoms with Crippen molar-refractivity contribution in [1.82, 2.24) is 0 Å². The van der Waals surface area contributed by atoms with Gasteiger partial charge in [0, 0.05) is 10.0 Å². The van der Waals surface area contributed by atoms with E-state index in [1.165, 1.54) is 0 Å². The first-order valence-electron chi connectivity index (χ1n) is 5.57. The van der Waals surface area contributed by atoms with Crippen molar-refractivity contribution in [2.45, 2.75) is 6.61 Å². The maximum atomic E-state index is 7.37. The minimum Gasteiger partial charge on any atom is -0.488 e. The smallest absolute Gasteiger partial charge is 0.134 e. The van der Waals surface area contributed by atoms with Crippen molar-refractivity contribution >= 4 is 37.7 Å². The highest BCUT2D eigenvalue weighted by Gasteiger charge is 2.05. The largest absolute Gasteiger partial charge is 0.488 e. The van der Waals surface area contributed by atoms with Gasteiger partial charge in [0.1, 0.15) is 18.2 Å². The molecule has 0 bridgehead atoms. The van der Waals surface area contributed by atoms with Crippen molar-refractivity contribution in [3.63, 3.8) is 0 Å². The summed E-state index contributed by atoms with van der Waals surface area (Å²) in [4.78, 5) is 0. The van der Waals surface area contributed by atoms with Gasteiger partial charge in [-0.1, -0.05) is 28.1 Å². The molecule has 0 aliphatic rings. The molecule has 0 saturated heterocycles. The molecule has 0 aliphatic heterocycles. The van der Waals surface area contributed by atoms with Crippen LogP contribution in [0.3, 0.4) is 0 Å². The molecule has 0 amide bonds. The van der Waals surface area contributed by atoms with Gasteiger partial charge in [0.15, 0.2) is 0 Å². The first kappa shape index (κ1) is 14.1. The molecule has 2 aromatic carbocycles. The minimum atomic E-state index is 0.0418. The number of ether oxygens (including phenoxy) is 1. The number of nitrogens with two attached hydrogens (primary N) is 1. The Bertz CT molecular complexity index is 597. The Hall–Kier alpha value is -1.33. The van der Waals surface area contributed by atoms with Crippen LogP contribution in [-0.4, -0.2) is 5.84 Å². The molecule has 3 nitrogen and oxygen atoms in total. The van der Waals surface area contributed by atoms with E-state index >= 15 is 0 Å². The van der Waals surface area contributed by atoms with Crippen LogP contribution in [0, 0.1) is 5.41 Å². The molecular formula is C14H12Br2N2O. The van der Waals surface area contributed by atoms with Gasteiger partial charge < -0.3 is 10.5 Å². The zero-order chi connectivity index (χ0) is 13.8. The lowest BCUT2D eigenvalue weighted by atomic mass is 10.2. The maximum absolute atomic E-state index is 7.37. The highest BCUT2D eigenvalue weighted by Crippen LogP contribution is 2.26. The van der Waals surface area contributed by atoms with Crippen LogP contribution in [0.15, 0.2) is 51.4 Å². The van der Waals surface area contributed by atoms with E-state index in [1.807, 2.05) is 24.3 Å². The van der Waals surface area contributed by atoms with Crippen LogP contribution in [0.1, 0.15) is 11.1 Å². The molecule has 0 unspecified atom stereocenters. The van der Waals surface area contributed by atoms with Crippen LogP contribution in [0.4, 0.5) is 0 Å². The Morgan fingerprint density at radius 3 is 2.37 bits per heavy atom. The summed E-state index contributed by atoms with van der Waals surface area (Å²) in [7, 11) is 0. The van der Waals surface area contributed by atoms with Gasteiger partial charge in [-0.15, -0.1) is 0 Å². The zero-order valence-corrected chi connectivity index (χ0v) is 13.2. The molecule has 2 rings (SSSR count). The number of hydrogen-bond donors (Lipinski definition) is 2. The molecule has 0 spiro atoms. The number of halogens is 2. The summed E-state index contributed by atoms with van der Waals surface area (Å²) >= 11 is 6.81. The summed E-state index contributed by atoms with van der Waals surface area (Å²) in [6, 6.07) is 13.3. The molecule has 5 heteroatoms. The molecule has 19 heavy (non-hydrogen) atoms. The maximum Gasteiger partial charge on any atom is 0.134 e. The van der Waals surface area contributed by atoms with Gasteiger partial charge in [0.2, 0.25) is 0 Å². The standard InChI is InChI=1S/C14H12Br2N2O/c15-11-4-1-9(2-5-11)8-19-13-6-3-10(14(17)18)7-12(13)16/h1-7H,8H2,(H3,17,18). The molecule has 0 atom stereocenters. The molecule has 0 saturated carbocycles. The second-order valence-corrected chi connectivity index (χ2v) is 5.74. The Morgan fingerprint density at radius 1 is 1.11 bits per heavy atom. The van der Waals surface area contributed by atoms with Gasteiger partial charge in [0.05, 0.1) is 4.47 Å². The van der Waals surface area contributed by atoms with E-state index in [0.29, 0.717) is 12.2 Å². The van der Waals surface area contributed by atoms with Crippen LogP contribution < -0.4 is 10.5 Å². The number of nitrogens with one attached hydrogen (secondary N) is 1. The lowest BCUT2D eigenvalue weighted by molar-refractivity contribution is 0.304. The number of nitrogen functional groups attached to an aromatic ring is 1. The van der Waals surface area contributed by atoms with E-state index in [0.717, 1.165) is 20.3 Å². The van der Waals surface area contributed by atoms with E-state index in [-0.39, 0.29) is 5.84 Å². The Kier molecular flexibility index (Phi) is 4.61. The third-order valence-electron chi connectivity index (χ3n) is 2.55. The molecule has 2 aromatic rings. The Labute approximate surface area is 128 Å². The van der Waals surface area contributed by atoms with E-state index in [1.54, 1.807) is 18.2 Å². The quantitative estimate of drug-likeness (QED) is 0.617. The molecule has 98 valence electrons. The van der Waals surface area contributed by atoms with Crippen LogP contribution in [0.25, 0.3) is 0 Å². The second kappa shape index (κ2) is 6.21. The van der Waals surface area contributed by atoms with Crippen molar-refractivity contribution in [3.8, 4) is 5.75 Å². The average molecular weight is 384 g/mol. The molecule has 0 radical (unpaired) electrons. The van der Waals surface area contributed by atoms with Gasteiger partial charge in [-0.05, 0) is 51.8 Å². The van der Waals surface area contributed by atoms with Crippen molar-refractivity contribution in [3.05, 3.63) is 62.5 Å². The van der Waals surface area contributed by atoms with Gasteiger partial charge in [-0.2, -0.15) is 0 Å². The summed E-state index contributed by atoms with van der Waals surface area (Å²) in [6.45, 7) is 0.491. The second-order valence-electron chi connectivity index (χ2n) is 3.97. The fourth-order valence-electron chi connectivity index (χ4n) is 1.53. The number of rotatable bonds is 4. The predicted octanol–water partition coefficient (Wildman–Crippen LogP) is 4.07. The average Bonchev–Trinajstić information content (AvgIpc) is 2.39. The zero-order valence-electron chi connectivity index (χ0n) is 9.99. The van der Waals surface area contributed by atoms with Gasteiger partial charge in [-0.25, -0.2) is 0 Å². The van der Waals surface area contributed by atoms with Crippen molar-refractivity contribution in [2.75, 3.05) is 0 Å². The number of amidine groups is 1. The van der Waals surface area contributed by atoms with Crippen molar-refractivity contribution in [1.29, 1.82) is 5.41 Å². The topological polar surface area (TPSA) is 59.1 Å². The SMILES string of the molecule is N=C(N)c1ccc(OCc2ccc(Br)cc2)c(Br)c1. The van der Waals surface area contributed by atoms with E-state index in [4.69, 9.17) is 15.9 Å². The lowest BCUT2D eigenvalue weighted by Gasteiger charge is -2.09. The molecule has 0 aromatic heterocycles. The van der Waals surface area contributed by atoms with E-state index < -0.39 is 0 Å². The summed E-state index contributed by atoms with van der Waals surface area (Å²) in [5, 5.41) is 7.37. The highest BCUT2D eigenvalue weighted by atomic mass is 79.9. The van der Waals surface area contributed by atoms with Gasteiger partial charge in [0.25, 0.3) is 0 Å². The van der Waals surface area contributed by atoms with Crippen LogP contribution >= 0.6 is 31.9 Å². The monoisotopic (exact) mass is 382 g/mol. The van der Waals surface area contributed by atoms with Crippen molar-refractivity contribution in [2.24, 2.45) is 5.73 Å². The molecule has 0 heterocycles. The fourth-order valence-corrected chi connectivity index (χ4v) is 2.28. The van der Waals surface area contributed by atoms with E-state index in [2.05, 4.69) is 31.9 Å². The molecule has 0 aliphatic carbocycles. The predicted molar refractivity (Wildman–Crippen MR) is 83.6 cm³/mol. The third-order valence-corrected chi connectivity index (χ3v) is 3.70. The normalized spacial score (nSPS) is 10.2. The molecular weight excluding hydrogens is 372 g/mol. The summed E-state index contributed by atoms with van der Waals surface area (Å²) < 4.78 is 7.56. The van der Waals surface area contributed by atoms with E-state index in [9.17, 15) is 0 Å². The summed E-state index contributed by atoms with van der Waals surface area (Å²) in [5.74, 6) is 0.771. The first-order valence-corrected chi connectivity index (χ1v) is 7.16. The van der Waals surface area contributed by atoms with Crippen LogP contribution in [0.5, 0.6) is 5.75 Å². The number of hydrogen-bond acceptors (Lipinski definition) is 2. The highest BCUT2D eigenvalue weighted by molar-refractivity contribution is 9.10. The third kappa shape index (κ3) is 3.81. The Balaban J connectivity index is 2.07. The summed E-state index contributed by atoms with van der Waals surface area (Å²) in [5.41, 5.74) is 7.19. The number of benzene rings is 2. The van der Waals surface area contributed by atoms with Gasteiger partial charge >= 0.3 is 0 Å². The Morgan fingerprint density at radius 2 is 1.79 bits per heavy atom. The van der Waals surface area contributed by atoms with Crippen LogP contribution in [-0.2, 0) is 6.61 Å². The lowest BCUT2D eigenvalue weighted by Crippen LogP contribution is -2.10. The fraction of sp³-hybridized carbons (Fsp3) is 0.0714. The molecule has 0 fully saturated rings. The van der Waals surface area contributed by atoms with Gasteiger partial charge in [-0.3, -0.25) is 5.41 Å². The minimum absolute atomic E-state index is 0.0418. The summed E-state index contributed by atoms with van der Waals surface area (Å²) in [6.07, 6.45) is 0. The van der Waals surface area contributed by atoms with Crippen molar-refractivity contribution < 1.29 is 4.74 Å². The first-order chi connectivity index (χ1) is 9.06. The molecule has 3 N–H and O–H groups in total.